The van der Waals surface area contributed by atoms with Crippen LogP contribution in [-0.2, 0) is 10.0 Å². The first-order valence-corrected chi connectivity index (χ1v) is 8.76. The van der Waals surface area contributed by atoms with E-state index in [4.69, 9.17) is 23.2 Å². The first-order valence-electron chi connectivity index (χ1n) is 6.52. The van der Waals surface area contributed by atoms with E-state index in [2.05, 4.69) is 20.0 Å². The average Bonchev–Trinajstić information content (AvgIpc) is 3.26. The van der Waals surface area contributed by atoms with Crippen LogP contribution in [0.5, 0.6) is 0 Å². The minimum atomic E-state index is -3.60. The lowest BCUT2D eigenvalue weighted by atomic mass is 10.3. The summed E-state index contributed by atoms with van der Waals surface area (Å²) in [6, 6.07) is 6.55. The molecule has 22 heavy (non-hydrogen) atoms. The molecule has 0 aliphatic heterocycles. The summed E-state index contributed by atoms with van der Waals surface area (Å²) in [5, 5.41) is 3.15. The highest BCUT2D eigenvalue weighted by Crippen LogP contribution is 2.29. The third-order valence-electron chi connectivity index (χ3n) is 3.04. The number of hydrogen-bond acceptors (Lipinski definition) is 5. The van der Waals surface area contributed by atoms with E-state index < -0.39 is 10.0 Å². The van der Waals surface area contributed by atoms with Gasteiger partial charge in [-0.25, -0.2) is 18.1 Å². The van der Waals surface area contributed by atoms with Crippen LogP contribution in [0.2, 0.25) is 10.3 Å². The zero-order valence-electron chi connectivity index (χ0n) is 11.3. The van der Waals surface area contributed by atoms with Gasteiger partial charge in [0.2, 0.25) is 15.3 Å². The van der Waals surface area contributed by atoms with Crippen LogP contribution in [0.4, 0.5) is 11.5 Å². The number of para-hydroxylation sites is 1. The van der Waals surface area contributed by atoms with Crippen molar-refractivity contribution in [2.45, 2.75) is 23.8 Å². The molecule has 0 unspecified atom stereocenters. The van der Waals surface area contributed by atoms with Crippen molar-refractivity contribution in [1.29, 1.82) is 0 Å². The Morgan fingerprint density at radius 1 is 1.18 bits per heavy atom. The predicted molar refractivity (Wildman–Crippen MR) is 85.1 cm³/mol. The van der Waals surface area contributed by atoms with Crippen LogP contribution in [-0.4, -0.2) is 24.4 Å². The van der Waals surface area contributed by atoms with E-state index in [0.717, 1.165) is 12.8 Å². The predicted octanol–water partition coefficient (Wildman–Crippen LogP) is 2.97. The number of sulfonamides is 1. The van der Waals surface area contributed by atoms with E-state index >= 15 is 0 Å². The molecule has 1 aromatic heterocycles. The van der Waals surface area contributed by atoms with Gasteiger partial charge in [-0.3, -0.25) is 0 Å². The second-order valence-corrected chi connectivity index (χ2v) is 7.28. The Morgan fingerprint density at radius 3 is 2.64 bits per heavy atom. The van der Waals surface area contributed by atoms with Crippen LogP contribution in [0.3, 0.4) is 0 Å². The maximum Gasteiger partial charge on any atom is 0.242 e. The number of aromatic nitrogens is 2. The smallest absolute Gasteiger partial charge is 0.242 e. The number of rotatable bonds is 5. The number of benzene rings is 1. The molecule has 2 N–H and O–H groups in total. The first-order chi connectivity index (χ1) is 10.5. The fourth-order valence-corrected chi connectivity index (χ4v) is 3.59. The van der Waals surface area contributed by atoms with Gasteiger partial charge >= 0.3 is 0 Å². The molecule has 1 aliphatic rings. The summed E-state index contributed by atoms with van der Waals surface area (Å²) in [5.41, 5.74) is 0.368. The molecular weight excluding hydrogens is 347 g/mol. The van der Waals surface area contributed by atoms with Crippen LogP contribution >= 0.6 is 23.2 Å². The SMILES string of the molecule is O=S(=O)(NC1CC1)c1ccccc1Nc1nc(Cl)ncc1Cl. The van der Waals surface area contributed by atoms with E-state index in [0.29, 0.717) is 5.69 Å². The second-order valence-electron chi connectivity index (χ2n) is 4.85. The van der Waals surface area contributed by atoms with E-state index in [-0.39, 0.29) is 27.1 Å². The van der Waals surface area contributed by atoms with Gasteiger partial charge in [0, 0.05) is 6.04 Å². The van der Waals surface area contributed by atoms with Crippen molar-refractivity contribution in [3.63, 3.8) is 0 Å². The van der Waals surface area contributed by atoms with Gasteiger partial charge in [0.15, 0.2) is 5.82 Å². The summed E-state index contributed by atoms with van der Waals surface area (Å²) < 4.78 is 27.4. The minimum Gasteiger partial charge on any atom is -0.338 e. The Morgan fingerprint density at radius 2 is 1.91 bits per heavy atom. The molecule has 1 aliphatic carbocycles. The number of anilines is 2. The molecule has 6 nitrogen and oxygen atoms in total. The molecule has 2 aromatic rings. The molecule has 0 spiro atoms. The number of hydrogen-bond donors (Lipinski definition) is 2. The van der Waals surface area contributed by atoms with Crippen LogP contribution < -0.4 is 10.0 Å². The Kier molecular flexibility index (Phi) is 4.22. The summed E-state index contributed by atoms with van der Waals surface area (Å²) in [5.74, 6) is 0.246. The van der Waals surface area contributed by atoms with Crippen molar-refractivity contribution in [3.8, 4) is 0 Å². The maximum absolute atomic E-state index is 12.4. The Hall–Kier alpha value is -1.41. The van der Waals surface area contributed by atoms with Crippen molar-refractivity contribution < 1.29 is 8.42 Å². The van der Waals surface area contributed by atoms with Gasteiger partial charge in [-0.2, -0.15) is 4.98 Å². The largest absolute Gasteiger partial charge is 0.338 e. The van der Waals surface area contributed by atoms with Gasteiger partial charge in [-0.1, -0.05) is 23.7 Å². The molecule has 9 heteroatoms. The van der Waals surface area contributed by atoms with Crippen LogP contribution in [0, 0.1) is 0 Å². The van der Waals surface area contributed by atoms with Gasteiger partial charge in [0.1, 0.15) is 9.92 Å². The highest BCUT2D eigenvalue weighted by atomic mass is 35.5. The monoisotopic (exact) mass is 358 g/mol. The third-order valence-corrected chi connectivity index (χ3v) is 5.08. The minimum absolute atomic E-state index is 0.0170. The average molecular weight is 359 g/mol. The van der Waals surface area contributed by atoms with Crippen molar-refractivity contribution in [3.05, 3.63) is 40.8 Å². The second kappa shape index (κ2) is 6.00. The van der Waals surface area contributed by atoms with Crippen LogP contribution in [0.25, 0.3) is 0 Å². The maximum atomic E-state index is 12.4. The van der Waals surface area contributed by atoms with E-state index in [1.54, 1.807) is 18.2 Å². The lowest BCUT2D eigenvalue weighted by Gasteiger charge is -2.13. The Bertz CT molecular complexity index is 809. The topological polar surface area (TPSA) is 84.0 Å². The molecular formula is C13H12Cl2N4O2S. The van der Waals surface area contributed by atoms with Gasteiger partial charge in [0.05, 0.1) is 11.9 Å². The highest BCUT2D eigenvalue weighted by molar-refractivity contribution is 7.89. The van der Waals surface area contributed by atoms with Gasteiger partial charge in [-0.15, -0.1) is 0 Å². The van der Waals surface area contributed by atoms with Crippen molar-refractivity contribution in [2.24, 2.45) is 0 Å². The van der Waals surface area contributed by atoms with E-state index in [1.165, 1.54) is 12.3 Å². The lowest BCUT2D eigenvalue weighted by molar-refractivity contribution is 0.581. The molecule has 0 atom stereocenters. The standard InChI is InChI=1S/C13H12Cl2N4O2S/c14-9-7-16-13(15)18-12(9)17-10-3-1-2-4-11(10)22(20,21)19-8-5-6-8/h1-4,7-8,19H,5-6H2,(H,16,17,18). The summed E-state index contributed by atoms with van der Waals surface area (Å²) in [4.78, 5) is 7.84. The fourth-order valence-electron chi connectivity index (χ4n) is 1.85. The Labute approximate surface area is 137 Å². The van der Waals surface area contributed by atoms with E-state index in [1.807, 2.05) is 0 Å². The molecule has 1 heterocycles. The molecule has 3 rings (SSSR count). The van der Waals surface area contributed by atoms with Crippen LogP contribution in [0.15, 0.2) is 35.4 Å². The van der Waals surface area contributed by atoms with Gasteiger partial charge in [-0.05, 0) is 36.6 Å². The molecule has 0 radical (unpaired) electrons. The molecule has 0 amide bonds. The molecule has 1 saturated carbocycles. The molecule has 0 saturated heterocycles. The molecule has 1 aromatic carbocycles. The lowest BCUT2D eigenvalue weighted by Crippen LogP contribution is -2.26. The summed E-state index contributed by atoms with van der Waals surface area (Å²) >= 11 is 11.7. The highest BCUT2D eigenvalue weighted by Gasteiger charge is 2.29. The van der Waals surface area contributed by atoms with Crippen molar-refractivity contribution >= 4 is 44.7 Å². The Balaban J connectivity index is 1.96. The van der Waals surface area contributed by atoms with Gasteiger partial charge < -0.3 is 5.32 Å². The number of halogens is 2. The zero-order chi connectivity index (χ0) is 15.7. The summed E-state index contributed by atoms with van der Waals surface area (Å²) in [6.45, 7) is 0. The third kappa shape index (κ3) is 3.49. The first kappa shape index (κ1) is 15.5. The molecule has 116 valence electrons. The summed E-state index contributed by atoms with van der Waals surface area (Å²) in [6.07, 6.45) is 3.07. The van der Waals surface area contributed by atoms with Crippen molar-refractivity contribution in [1.82, 2.24) is 14.7 Å². The number of nitrogens with one attached hydrogen (secondary N) is 2. The summed E-state index contributed by atoms with van der Waals surface area (Å²) in [7, 11) is -3.60. The normalized spacial score (nSPS) is 14.8. The van der Waals surface area contributed by atoms with Crippen molar-refractivity contribution in [2.75, 3.05) is 5.32 Å². The molecule has 0 bridgehead atoms. The van der Waals surface area contributed by atoms with Crippen LogP contribution in [0.1, 0.15) is 12.8 Å². The van der Waals surface area contributed by atoms with Gasteiger partial charge in [0.25, 0.3) is 0 Å². The fraction of sp³-hybridized carbons (Fsp3) is 0.231. The molecule has 1 fully saturated rings. The number of nitrogens with zero attached hydrogens (tertiary/aromatic N) is 2. The quantitative estimate of drug-likeness (QED) is 0.802. The zero-order valence-corrected chi connectivity index (χ0v) is 13.6. The van der Waals surface area contributed by atoms with E-state index in [9.17, 15) is 8.42 Å².